The van der Waals surface area contributed by atoms with Gasteiger partial charge in [-0.3, -0.25) is 0 Å². The number of benzene rings is 1. The van der Waals surface area contributed by atoms with Crippen LogP contribution in [0.5, 0.6) is 0 Å². The van der Waals surface area contributed by atoms with Crippen molar-refractivity contribution in [3.8, 4) is 0 Å². The SMILES string of the molecule is CCC1SCCSC1C(N)c1ccc(F)c(F)c1F. The summed E-state index contributed by atoms with van der Waals surface area (Å²) in [6.07, 6.45) is 0.932. The third kappa shape index (κ3) is 3.06. The summed E-state index contributed by atoms with van der Waals surface area (Å²) in [4.78, 5) is 0. The standard InChI is InChI=1S/C13H16F3NS2/c1-2-9-13(19-6-5-18-9)12(17)7-3-4-8(14)11(16)10(7)15/h3-4,9,12-13H,2,5-6,17H2,1H3. The first-order valence-electron chi connectivity index (χ1n) is 6.18. The van der Waals surface area contributed by atoms with E-state index < -0.39 is 23.5 Å². The van der Waals surface area contributed by atoms with Crippen LogP contribution in [-0.2, 0) is 0 Å². The van der Waals surface area contributed by atoms with Gasteiger partial charge in [-0.15, -0.1) is 0 Å². The van der Waals surface area contributed by atoms with Gasteiger partial charge in [-0.2, -0.15) is 23.5 Å². The second kappa shape index (κ2) is 6.41. The van der Waals surface area contributed by atoms with Gasteiger partial charge in [0.25, 0.3) is 0 Å². The van der Waals surface area contributed by atoms with E-state index in [1.54, 1.807) is 11.8 Å². The fraction of sp³-hybridized carbons (Fsp3) is 0.538. The van der Waals surface area contributed by atoms with Gasteiger partial charge in [-0.25, -0.2) is 13.2 Å². The van der Waals surface area contributed by atoms with Gasteiger partial charge in [-0.05, 0) is 12.5 Å². The summed E-state index contributed by atoms with van der Waals surface area (Å²) in [5.41, 5.74) is 6.16. The summed E-state index contributed by atoms with van der Waals surface area (Å²) in [6.45, 7) is 2.06. The predicted molar refractivity (Wildman–Crippen MR) is 76.0 cm³/mol. The van der Waals surface area contributed by atoms with Gasteiger partial charge in [0.15, 0.2) is 17.5 Å². The zero-order chi connectivity index (χ0) is 14.0. The molecule has 3 unspecified atom stereocenters. The second-order valence-corrected chi connectivity index (χ2v) is 7.08. The molecule has 2 rings (SSSR count). The van der Waals surface area contributed by atoms with Gasteiger partial charge < -0.3 is 5.73 Å². The average molecular weight is 307 g/mol. The molecule has 1 aromatic rings. The first-order valence-corrected chi connectivity index (χ1v) is 8.28. The lowest BCUT2D eigenvalue weighted by molar-refractivity contribution is 0.433. The molecule has 3 atom stereocenters. The molecule has 106 valence electrons. The number of hydrogen-bond donors (Lipinski definition) is 1. The molecular weight excluding hydrogens is 291 g/mol. The molecule has 0 aromatic heterocycles. The van der Waals surface area contributed by atoms with Crippen LogP contribution in [-0.4, -0.2) is 22.0 Å². The molecule has 1 heterocycles. The quantitative estimate of drug-likeness (QED) is 0.862. The molecule has 0 aliphatic carbocycles. The molecule has 19 heavy (non-hydrogen) atoms. The van der Waals surface area contributed by atoms with Crippen LogP contribution in [0, 0.1) is 17.5 Å². The van der Waals surface area contributed by atoms with Crippen LogP contribution in [0.4, 0.5) is 13.2 Å². The zero-order valence-corrected chi connectivity index (χ0v) is 12.2. The predicted octanol–water partition coefficient (Wildman–Crippen LogP) is 3.73. The lowest BCUT2D eigenvalue weighted by Crippen LogP contribution is -2.36. The Kier molecular flexibility index (Phi) is 5.09. The largest absolute Gasteiger partial charge is 0.323 e. The summed E-state index contributed by atoms with van der Waals surface area (Å²) >= 11 is 3.51. The van der Waals surface area contributed by atoms with Crippen molar-refractivity contribution >= 4 is 23.5 Å². The Labute approximate surface area is 119 Å². The van der Waals surface area contributed by atoms with Crippen molar-refractivity contribution in [3.05, 3.63) is 35.1 Å². The van der Waals surface area contributed by atoms with E-state index in [2.05, 4.69) is 6.92 Å². The number of nitrogens with two attached hydrogens (primary N) is 1. The van der Waals surface area contributed by atoms with Crippen LogP contribution in [0.25, 0.3) is 0 Å². The molecule has 2 N–H and O–H groups in total. The molecule has 1 nitrogen and oxygen atoms in total. The maximum absolute atomic E-state index is 13.8. The molecule has 0 radical (unpaired) electrons. The molecule has 1 aliphatic rings. The Morgan fingerprint density at radius 2 is 1.89 bits per heavy atom. The van der Waals surface area contributed by atoms with Crippen molar-refractivity contribution in [2.24, 2.45) is 5.73 Å². The topological polar surface area (TPSA) is 26.0 Å². The number of hydrogen-bond acceptors (Lipinski definition) is 3. The van der Waals surface area contributed by atoms with E-state index in [-0.39, 0.29) is 10.8 Å². The minimum Gasteiger partial charge on any atom is -0.323 e. The Hall–Kier alpha value is -0.330. The highest BCUT2D eigenvalue weighted by Gasteiger charge is 2.33. The molecule has 0 spiro atoms. The normalized spacial score (nSPS) is 25.3. The third-order valence-electron chi connectivity index (χ3n) is 3.27. The fourth-order valence-corrected chi connectivity index (χ4v) is 5.42. The second-order valence-electron chi connectivity index (χ2n) is 4.44. The van der Waals surface area contributed by atoms with Crippen LogP contribution in [0.3, 0.4) is 0 Å². The Bertz CT molecular complexity index is 456. The van der Waals surface area contributed by atoms with Crippen molar-refractivity contribution in [1.82, 2.24) is 0 Å². The van der Waals surface area contributed by atoms with Crippen LogP contribution in [0.2, 0.25) is 0 Å². The van der Waals surface area contributed by atoms with Crippen LogP contribution in [0.1, 0.15) is 24.9 Å². The average Bonchev–Trinajstić information content (AvgIpc) is 2.44. The van der Waals surface area contributed by atoms with Gasteiger partial charge in [0.1, 0.15) is 0 Å². The Morgan fingerprint density at radius 3 is 2.58 bits per heavy atom. The van der Waals surface area contributed by atoms with E-state index in [9.17, 15) is 13.2 Å². The Morgan fingerprint density at radius 1 is 1.21 bits per heavy atom. The lowest BCUT2D eigenvalue weighted by Gasteiger charge is -2.34. The highest BCUT2D eigenvalue weighted by molar-refractivity contribution is 8.07. The molecular formula is C13H16F3NS2. The van der Waals surface area contributed by atoms with Crippen molar-refractivity contribution in [1.29, 1.82) is 0 Å². The molecule has 1 fully saturated rings. The van der Waals surface area contributed by atoms with E-state index in [0.29, 0.717) is 5.25 Å². The van der Waals surface area contributed by atoms with E-state index in [1.807, 2.05) is 11.8 Å². The highest BCUT2D eigenvalue weighted by Crippen LogP contribution is 2.40. The molecule has 0 bridgehead atoms. The summed E-state index contributed by atoms with van der Waals surface area (Å²) in [5.74, 6) is -1.77. The minimum absolute atomic E-state index is 0.0307. The highest BCUT2D eigenvalue weighted by atomic mass is 32.2. The van der Waals surface area contributed by atoms with E-state index >= 15 is 0 Å². The molecule has 0 saturated carbocycles. The smallest absolute Gasteiger partial charge is 0.194 e. The summed E-state index contributed by atoms with van der Waals surface area (Å²) < 4.78 is 40.0. The third-order valence-corrected chi connectivity index (χ3v) is 6.64. The van der Waals surface area contributed by atoms with Gasteiger partial charge >= 0.3 is 0 Å². The minimum atomic E-state index is -1.44. The lowest BCUT2D eigenvalue weighted by atomic mass is 10.00. The summed E-state index contributed by atoms with van der Waals surface area (Å²) in [5, 5.41) is 0.351. The summed E-state index contributed by atoms with van der Waals surface area (Å²) in [7, 11) is 0. The number of rotatable bonds is 3. The van der Waals surface area contributed by atoms with Crippen LogP contribution >= 0.6 is 23.5 Å². The first-order chi connectivity index (χ1) is 9.06. The molecule has 1 aliphatic heterocycles. The van der Waals surface area contributed by atoms with Crippen molar-refractivity contribution in [3.63, 3.8) is 0 Å². The van der Waals surface area contributed by atoms with Gasteiger partial charge in [0, 0.05) is 33.6 Å². The van der Waals surface area contributed by atoms with Gasteiger partial charge in [0.05, 0.1) is 0 Å². The molecule has 6 heteroatoms. The fourth-order valence-electron chi connectivity index (χ4n) is 2.25. The number of thioether (sulfide) groups is 2. The zero-order valence-electron chi connectivity index (χ0n) is 10.5. The Balaban J connectivity index is 2.28. The molecule has 1 saturated heterocycles. The van der Waals surface area contributed by atoms with Crippen molar-refractivity contribution in [2.45, 2.75) is 29.9 Å². The molecule has 1 aromatic carbocycles. The monoisotopic (exact) mass is 307 g/mol. The van der Waals surface area contributed by atoms with Crippen LogP contribution < -0.4 is 5.73 Å². The maximum atomic E-state index is 13.8. The number of halogens is 3. The van der Waals surface area contributed by atoms with Gasteiger partial charge in [0.2, 0.25) is 0 Å². The van der Waals surface area contributed by atoms with Crippen molar-refractivity contribution in [2.75, 3.05) is 11.5 Å². The first kappa shape index (κ1) is 15.1. The van der Waals surface area contributed by atoms with Crippen LogP contribution in [0.15, 0.2) is 12.1 Å². The van der Waals surface area contributed by atoms with E-state index in [4.69, 9.17) is 5.73 Å². The van der Waals surface area contributed by atoms with E-state index in [0.717, 1.165) is 24.0 Å². The maximum Gasteiger partial charge on any atom is 0.194 e. The van der Waals surface area contributed by atoms with Crippen molar-refractivity contribution < 1.29 is 13.2 Å². The van der Waals surface area contributed by atoms with Gasteiger partial charge in [-0.1, -0.05) is 13.0 Å². The summed E-state index contributed by atoms with van der Waals surface area (Å²) in [6, 6.07) is 1.58. The van der Waals surface area contributed by atoms with E-state index in [1.165, 1.54) is 6.07 Å². The molecule has 0 amide bonds.